The Morgan fingerprint density at radius 2 is 2.05 bits per heavy atom. The third-order valence-electron chi connectivity index (χ3n) is 7.73. The van der Waals surface area contributed by atoms with Crippen molar-refractivity contribution in [3.8, 4) is 0 Å². The second-order valence-corrected chi connectivity index (χ2v) is 11.8. The Morgan fingerprint density at radius 1 is 1.19 bits per heavy atom. The Labute approximate surface area is 226 Å². The Balaban J connectivity index is 1.09. The molecule has 0 bridgehead atoms. The predicted octanol–water partition coefficient (Wildman–Crippen LogP) is 5.46. The predicted molar refractivity (Wildman–Crippen MR) is 145 cm³/mol. The molecule has 1 amide bonds. The molecule has 2 aromatic heterocycles. The molecule has 0 unspecified atom stereocenters. The number of nitrogens with zero attached hydrogens (tertiary/aromatic N) is 5. The number of carbonyl (C=O) groups excluding carboxylic acids is 1. The molecule has 0 aliphatic carbocycles. The van der Waals surface area contributed by atoms with Gasteiger partial charge in [0, 0.05) is 30.2 Å². The van der Waals surface area contributed by atoms with Gasteiger partial charge < -0.3 is 15.0 Å². The number of nitrogens with one attached hydrogen (secondary N) is 1. The smallest absolute Gasteiger partial charge is 0.276 e. The average molecular weight is 539 g/mol. The van der Waals surface area contributed by atoms with Crippen molar-refractivity contribution < 1.29 is 9.53 Å². The van der Waals surface area contributed by atoms with Crippen molar-refractivity contribution in [3.63, 3.8) is 0 Å². The number of hydrogen-bond donors (Lipinski definition) is 1. The fourth-order valence-corrected chi connectivity index (χ4v) is 6.72. The van der Waals surface area contributed by atoms with Crippen molar-refractivity contribution in [3.05, 3.63) is 53.1 Å². The quantitative estimate of drug-likeness (QED) is 0.461. The molecule has 1 aromatic carbocycles. The van der Waals surface area contributed by atoms with Gasteiger partial charge in [0.05, 0.1) is 35.8 Å². The molecule has 3 aliphatic rings. The minimum absolute atomic E-state index is 0.253. The van der Waals surface area contributed by atoms with E-state index in [-0.39, 0.29) is 5.91 Å². The fraction of sp³-hybridized carbons (Fsp3) is 0.481. The molecule has 1 atom stereocenters. The van der Waals surface area contributed by atoms with Crippen LogP contribution in [0.15, 0.2) is 46.6 Å². The van der Waals surface area contributed by atoms with E-state index in [1.54, 1.807) is 12.3 Å². The van der Waals surface area contributed by atoms with E-state index in [4.69, 9.17) is 16.3 Å². The summed E-state index contributed by atoms with van der Waals surface area (Å²) in [7, 11) is 0. The van der Waals surface area contributed by atoms with Gasteiger partial charge >= 0.3 is 0 Å². The van der Waals surface area contributed by atoms with Crippen LogP contribution in [0.3, 0.4) is 0 Å². The maximum Gasteiger partial charge on any atom is 0.276 e. The van der Waals surface area contributed by atoms with Crippen molar-refractivity contribution in [1.82, 2.24) is 19.7 Å². The highest BCUT2D eigenvalue weighted by Gasteiger charge is 2.41. The third kappa shape index (κ3) is 5.22. The van der Waals surface area contributed by atoms with Crippen LogP contribution in [0, 0.1) is 5.41 Å². The third-order valence-corrected chi connectivity index (χ3v) is 9.23. The highest BCUT2D eigenvalue weighted by Crippen LogP contribution is 2.42. The summed E-state index contributed by atoms with van der Waals surface area (Å²) in [5.74, 6) is 0.651. The first kappa shape index (κ1) is 24.7. The molecule has 37 heavy (non-hydrogen) atoms. The minimum atomic E-state index is -0.253. The molecule has 10 heteroatoms. The van der Waals surface area contributed by atoms with E-state index >= 15 is 0 Å². The summed E-state index contributed by atoms with van der Waals surface area (Å²) in [5.41, 5.74) is 2.43. The van der Waals surface area contributed by atoms with Crippen molar-refractivity contribution in [2.24, 2.45) is 5.41 Å². The number of hydrogen-bond acceptors (Lipinski definition) is 7. The van der Waals surface area contributed by atoms with Crippen LogP contribution in [0.25, 0.3) is 0 Å². The maximum atomic E-state index is 12.9. The number of aromatic nitrogens is 4. The Hall–Kier alpha value is -2.62. The lowest BCUT2D eigenvalue weighted by molar-refractivity contribution is 0.0975. The van der Waals surface area contributed by atoms with Gasteiger partial charge in [-0.15, -0.1) is 0 Å². The van der Waals surface area contributed by atoms with Gasteiger partial charge in [0.25, 0.3) is 5.91 Å². The zero-order valence-electron chi connectivity index (χ0n) is 21.0. The van der Waals surface area contributed by atoms with Crippen molar-refractivity contribution >= 4 is 40.8 Å². The second kappa shape index (κ2) is 10.3. The van der Waals surface area contributed by atoms with Gasteiger partial charge in [0.1, 0.15) is 10.8 Å². The number of halogens is 1. The lowest BCUT2D eigenvalue weighted by Crippen LogP contribution is -2.41. The van der Waals surface area contributed by atoms with Crippen LogP contribution >= 0.6 is 23.4 Å². The van der Waals surface area contributed by atoms with E-state index in [0.29, 0.717) is 27.9 Å². The van der Waals surface area contributed by atoms with Crippen LogP contribution in [-0.2, 0) is 17.7 Å². The van der Waals surface area contributed by atoms with Gasteiger partial charge in [-0.3, -0.25) is 9.48 Å². The van der Waals surface area contributed by atoms with E-state index < -0.39 is 0 Å². The number of benzene rings is 1. The lowest BCUT2D eigenvalue weighted by atomic mass is 9.77. The number of ether oxygens (including phenoxy) is 1. The summed E-state index contributed by atoms with van der Waals surface area (Å²) >= 11 is 8.12. The molecule has 2 saturated heterocycles. The molecule has 6 rings (SSSR count). The molecule has 3 aromatic rings. The number of aryl methyl sites for hydroxylation is 2. The second-order valence-electron chi connectivity index (χ2n) is 10.4. The summed E-state index contributed by atoms with van der Waals surface area (Å²) < 4.78 is 7.78. The zero-order valence-corrected chi connectivity index (χ0v) is 22.5. The van der Waals surface area contributed by atoms with Gasteiger partial charge in [-0.2, -0.15) is 5.10 Å². The molecule has 1 N–H and O–H groups in total. The lowest BCUT2D eigenvalue weighted by Gasteiger charge is -2.38. The highest BCUT2D eigenvalue weighted by molar-refractivity contribution is 7.99. The standard InChI is InChI=1S/C27H31ClN6O2S/c1-18-14-27(17-36-18)8-11-33(12-9-27)23-15-30-24(16-29-23)37-22-7-4-6-20(25(22)28)31-26(35)21-13-19-5-2-3-10-34(19)32-21/h4,6-7,13,15-16,18H,2-3,5,8-12,14,17H2,1H3,(H,31,35)/t18-/m0/s1. The van der Waals surface area contributed by atoms with Gasteiger partial charge in [-0.25, -0.2) is 9.97 Å². The summed E-state index contributed by atoms with van der Waals surface area (Å²) in [4.78, 5) is 25.3. The first-order chi connectivity index (χ1) is 18.0. The first-order valence-corrected chi connectivity index (χ1v) is 14.2. The number of fused-ring (bicyclic) bond motifs is 1. The highest BCUT2D eigenvalue weighted by atomic mass is 35.5. The van der Waals surface area contributed by atoms with Crippen LogP contribution in [-0.4, -0.2) is 51.5 Å². The van der Waals surface area contributed by atoms with Crippen LogP contribution in [0.1, 0.15) is 55.2 Å². The molecule has 8 nitrogen and oxygen atoms in total. The molecule has 2 fully saturated rings. The van der Waals surface area contributed by atoms with Crippen LogP contribution in [0.2, 0.25) is 5.02 Å². The molecule has 5 heterocycles. The number of rotatable bonds is 5. The number of amides is 1. The van der Waals surface area contributed by atoms with Crippen LogP contribution in [0.4, 0.5) is 11.5 Å². The number of anilines is 2. The van der Waals surface area contributed by atoms with E-state index in [1.165, 1.54) is 11.8 Å². The molecular formula is C27H31ClN6O2S. The monoisotopic (exact) mass is 538 g/mol. The van der Waals surface area contributed by atoms with Crippen LogP contribution in [0.5, 0.6) is 0 Å². The minimum Gasteiger partial charge on any atom is -0.378 e. The van der Waals surface area contributed by atoms with Gasteiger partial charge in [0.2, 0.25) is 0 Å². The number of carbonyl (C=O) groups is 1. The van der Waals surface area contributed by atoms with Gasteiger partial charge in [-0.1, -0.05) is 29.4 Å². The topological polar surface area (TPSA) is 85.2 Å². The molecule has 3 aliphatic heterocycles. The zero-order chi connectivity index (χ0) is 25.4. The Kier molecular flexibility index (Phi) is 6.86. The summed E-state index contributed by atoms with van der Waals surface area (Å²) in [6.45, 7) is 5.87. The van der Waals surface area contributed by atoms with Gasteiger partial charge in [-0.05, 0) is 69.1 Å². The molecule has 0 saturated carbocycles. The van der Waals surface area contributed by atoms with Crippen molar-refractivity contribution in [2.75, 3.05) is 29.9 Å². The fourth-order valence-electron chi connectivity index (χ4n) is 5.64. The number of piperidine rings is 1. The summed E-state index contributed by atoms with van der Waals surface area (Å²) in [5, 5.41) is 8.62. The van der Waals surface area contributed by atoms with Crippen LogP contribution < -0.4 is 10.2 Å². The normalized spacial score (nSPS) is 20.7. The SMILES string of the molecule is C[C@H]1CC2(CCN(c3cnc(Sc4cccc(NC(=O)c5cc6n(n5)CCCC6)c4Cl)cn3)CC2)CO1. The Bertz CT molecular complexity index is 1270. The molecule has 1 spiro atoms. The van der Waals surface area contributed by atoms with E-state index in [0.717, 1.165) is 86.2 Å². The summed E-state index contributed by atoms with van der Waals surface area (Å²) in [6.07, 6.45) is 10.6. The summed E-state index contributed by atoms with van der Waals surface area (Å²) in [6, 6.07) is 7.47. The van der Waals surface area contributed by atoms with E-state index in [1.807, 2.05) is 29.1 Å². The van der Waals surface area contributed by atoms with Crippen molar-refractivity contribution in [2.45, 2.75) is 68.0 Å². The van der Waals surface area contributed by atoms with Crippen molar-refractivity contribution in [1.29, 1.82) is 0 Å². The molecule has 0 radical (unpaired) electrons. The largest absolute Gasteiger partial charge is 0.378 e. The van der Waals surface area contributed by atoms with E-state index in [9.17, 15) is 4.79 Å². The first-order valence-electron chi connectivity index (χ1n) is 13.0. The Morgan fingerprint density at radius 3 is 2.78 bits per heavy atom. The average Bonchev–Trinajstić information content (AvgIpc) is 3.51. The maximum absolute atomic E-state index is 12.9. The van der Waals surface area contributed by atoms with Gasteiger partial charge in [0.15, 0.2) is 5.69 Å². The molecular weight excluding hydrogens is 508 g/mol. The molecule has 194 valence electrons. The van der Waals surface area contributed by atoms with E-state index in [2.05, 4.69) is 32.2 Å².